The molecule has 0 unspecified atom stereocenters. The Hall–Kier alpha value is -3.08. The number of fused-ring (bicyclic) bond motifs is 1. The number of nitrogens with zero attached hydrogens (tertiary/aromatic N) is 2. The lowest BCUT2D eigenvalue weighted by molar-refractivity contribution is -0.114. The van der Waals surface area contributed by atoms with Crippen molar-refractivity contribution >= 4 is 33.9 Å². The van der Waals surface area contributed by atoms with Crippen molar-refractivity contribution in [2.75, 3.05) is 35.2 Å². The number of carbonyl (C=O) groups is 1. The molecule has 0 saturated carbocycles. The molecule has 5 heteroatoms. The number of hydrogen-bond donors (Lipinski definition) is 2. The Labute approximate surface area is 154 Å². The van der Waals surface area contributed by atoms with Crippen molar-refractivity contribution in [3.8, 4) is 0 Å². The van der Waals surface area contributed by atoms with E-state index in [1.54, 1.807) is 6.20 Å². The summed E-state index contributed by atoms with van der Waals surface area (Å²) in [4.78, 5) is 18.9. The molecular weight excluding hydrogens is 324 g/mol. The van der Waals surface area contributed by atoms with E-state index in [1.807, 2.05) is 54.6 Å². The minimum atomic E-state index is -0.0893. The second-order valence-electron chi connectivity index (χ2n) is 6.00. The lowest BCUT2D eigenvalue weighted by Crippen LogP contribution is -2.23. The lowest BCUT2D eigenvalue weighted by atomic mass is 10.2. The number of pyridine rings is 1. The third kappa shape index (κ3) is 4.11. The van der Waals surface area contributed by atoms with Crippen LogP contribution in [0.3, 0.4) is 0 Å². The third-order valence-corrected chi connectivity index (χ3v) is 4.35. The molecule has 26 heavy (non-hydrogen) atoms. The van der Waals surface area contributed by atoms with Crippen molar-refractivity contribution in [3.05, 3.63) is 60.8 Å². The number of para-hydroxylation sites is 1. The van der Waals surface area contributed by atoms with Crippen LogP contribution in [0.5, 0.6) is 0 Å². The number of hydrogen-bond acceptors (Lipinski definition) is 4. The van der Waals surface area contributed by atoms with E-state index in [0.717, 1.165) is 41.1 Å². The van der Waals surface area contributed by atoms with Gasteiger partial charge in [-0.2, -0.15) is 0 Å². The molecule has 5 nitrogen and oxygen atoms in total. The van der Waals surface area contributed by atoms with Crippen molar-refractivity contribution in [1.82, 2.24) is 4.98 Å². The Morgan fingerprint density at radius 1 is 1.00 bits per heavy atom. The molecule has 0 aliphatic carbocycles. The molecule has 0 atom stereocenters. The molecule has 1 aromatic heterocycles. The highest BCUT2D eigenvalue weighted by atomic mass is 16.1. The Bertz CT molecular complexity index is 867. The van der Waals surface area contributed by atoms with Gasteiger partial charge in [-0.05, 0) is 50.2 Å². The average molecular weight is 348 g/mol. The van der Waals surface area contributed by atoms with Crippen molar-refractivity contribution in [2.24, 2.45) is 0 Å². The molecule has 0 spiro atoms. The van der Waals surface area contributed by atoms with Crippen LogP contribution in [0.25, 0.3) is 10.9 Å². The van der Waals surface area contributed by atoms with Crippen LogP contribution < -0.4 is 15.5 Å². The molecule has 3 rings (SSSR count). The van der Waals surface area contributed by atoms with Crippen molar-refractivity contribution in [3.63, 3.8) is 0 Å². The van der Waals surface area contributed by atoms with Gasteiger partial charge in [-0.25, -0.2) is 0 Å². The normalized spacial score (nSPS) is 10.5. The van der Waals surface area contributed by atoms with Crippen LogP contribution in [0, 0.1) is 0 Å². The maximum absolute atomic E-state index is 12.2. The molecule has 2 N–H and O–H groups in total. The summed E-state index contributed by atoms with van der Waals surface area (Å²) in [5, 5.41) is 7.14. The summed E-state index contributed by atoms with van der Waals surface area (Å²) >= 11 is 0. The molecule has 1 amide bonds. The molecule has 134 valence electrons. The number of aromatic nitrogens is 1. The van der Waals surface area contributed by atoms with Crippen LogP contribution in [0.2, 0.25) is 0 Å². The summed E-state index contributed by atoms with van der Waals surface area (Å²) in [5.74, 6) is -0.0893. The number of benzene rings is 2. The average Bonchev–Trinajstić information content (AvgIpc) is 2.68. The van der Waals surface area contributed by atoms with E-state index in [4.69, 9.17) is 0 Å². The summed E-state index contributed by atoms with van der Waals surface area (Å²) in [6, 6.07) is 17.7. The third-order valence-electron chi connectivity index (χ3n) is 4.35. The highest BCUT2D eigenvalue weighted by Crippen LogP contribution is 2.21. The number of carbonyl (C=O) groups excluding carboxylic acids is 1. The monoisotopic (exact) mass is 348 g/mol. The maximum atomic E-state index is 12.2. The molecule has 1 heterocycles. The van der Waals surface area contributed by atoms with Gasteiger partial charge in [0.05, 0.1) is 17.7 Å². The predicted molar refractivity (Wildman–Crippen MR) is 109 cm³/mol. The van der Waals surface area contributed by atoms with E-state index in [-0.39, 0.29) is 12.5 Å². The fourth-order valence-electron chi connectivity index (χ4n) is 2.97. The van der Waals surface area contributed by atoms with Crippen LogP contribution in [0.1, 0.15) is 13.8 Å². The Morgan fingerprint density at radius 3 is 2.46 bits per heavy atom. The molecule has 0 saturated heterocycles. The van der Waals surface area contributed by atoms with E-state index in [1.165, 1.54) is 0 Å². The Kier molecular flexibility index (Phi) is 5.69. The van der Waals surface area contributed by atoms with Gasteiger partial charge < -0.3 is 15.5 Å². The Balaban J connectivity index is 1.60. The summed E-state index contributed by atoms with van der Waals surface area (Å²) in [6.45, 7) is 6.38. The van der Waals surface area contributed by atoms with E-state index >= 15 is 0 Å². The molecule has 0 aliphatic rings. The highest BCUT2D eigenvalue weighted by Gasteiger charge is 2.06. The molecule has 0 aliphatic heterocycles. The molecule has 0 fully saturated rings. The first kappa shape index (κ1) is 17.7. The molecule has 3 aromatic rings. The van der Waals surface area contributed by atoms with Gasteiger partial charge in [0.15, 0.2) is 0 Å². The summed E-state index contributed by atoms with van der Waals surface area (Å²) in [5.41, 5.74) is 3.68. The highest BCUT2D eigenvalue weighted by molar-refractivity contribution is 5.96. The van der Waals surface area contributed by atoms with E-state index in [9.17, 15) is 4.79 Å². The summed E-state index contributed by atoms with van der Waals surface area (Å²) in [6.07, 6.45) is 1.75. The number of rotatable bonds is 7. The van der Waals surface area contributed by atoms with Crippen molar-refractivity contribution in [1.29, 1.82) is 0 Å². The number of anilines is 3. The fourth-order valence-corrected chi connectivity index (χ4v) is 2.97. The Morgan fingerprint density at radius 2 is 1.73 bits per heavy atom. The zero-order chi connectivity index (χ0) is 18.4. The van der Waals surface area contributed by atoms with Gasteiger partial charge in [0.25, 0.3) is 0 Å². The summed E-state index contributed by atoms with van der Waals surface area (Å²) < 4.78 is 0. The SMILES string of the molecule is CCN(CC)c1ccc(NC(=O)CNc2cccc3cccnc23)cc1. The molecular formula is C21H24N4O. The topological polar surface area (TPSA) is 57.3 Å². The second kappa shape index (κ2) is 8.34. The minimum Gasteiger partial charge on any atom is -0.374 e. The van der Waals surface area contributed by atoms with Gasteiger partial charge >= 0.3 is 0 Å². The molecule has 0 radical (unpaired) electrons. The van der Waals surface area contributed by atoms with Gasteiger partial charge in [0.2, 0.25) is 5.91 Å². The van der Waals surface area contributed by atoms with Crippen molar-refractivity contribution in [2.45, 2.75) is 13.8 Å². The van der Waals surface area contributed by atoms with Gasteiger partial charge in [-0.15, -0.1) is 0 Å². The van der Waals surface area contributed by atoms with Gasteiger partial charge in [-0.3, -0.25) is 9.78 Å². The first-order chi connectivity index (χ1) is 12.7. The van der Waals surface area contributed by atoms with Crippen molar-refractivity contribution < 1.29 is 4.79 Å². The first-order valence-electron chi connectivity index (χ1n) is 8.93. The predicted octanol–water partition coefficient (Wildman–Crippen LogP) is 4.13. The lowest BCUT2D eigenvalue weighted by Gasteiger charge is -2.21. The first-order valence-corrected chi connectivity index (χ1v) is 8.93. The maximum Gasteiger partial charge on any atom is 0.243 e. The number of nitrogens with one attached hydrogen (secondary N) is 2. The molecule has 0 bridgehead atoms. The second-order valence-corrected chi connectivity index (χ2v) is 6.00. The largest absolute Gasteiger partial charge is 0.374 e. The zero-order valence-corrected chi connectivity index (χ0v) is 15.2. The quantitative estimate of drug-likeness (QED) is 0.674. The van der Waals surface area contributed by atoms with Crippen LogP contribution >= 0.6 is 0 Å². The fraction of sp³-hybridized carbons (Fsp3) is 0.238. The standard InChI is InChI=1S/C21H24N4O/c1-3-25(4-2)18-12-10-17(11-13-18)24-20(26)15-23-19-9-5-7-16-8-6-14-22-21(16)19/h5-14,23H,3-4,15H2,1-2H3,(H,24,26). The number of amides is 1. The van der Waals surface area contributed by atoms with Gasteiger partial charge in [0, 0.05) is 36.0 Å². The van der Waals surface area contributed by atoms with Gasteiger partial charge in [-0.1, -0.05) is 18.2 Å². The smallest absolute Gasteiger partial charge is 0.243 e. The zero-order valence-electron chi connectivity index (χ0n) is 15.2. The van der Waals surface area contributed by atoms with E-state index in [2.05, 4.69) is 34.4 Å². The van der Waals surface area contributed by atoms with Crippen LogP contribution in [0.4, 0.5) is 17.1 Å². The van der Waals surface area contributed by atoms with E-state index in [0.29, 0.717) is 0 Å². The van der Waals surface area contributed by atoms with Crippen LogP contribution in [-0.2, 0) is 4.79 Å². The van der Waals surface area contributed by atoms with E-state index < -0.39 is 0 Å². The summed E-state index contributed by atoms with van der Waals surface area (Å²) in [7, 11) is 0. The minimum absolute atomic E-state index is 0.0893. The van der Waals surface area contributed by atoms with Crippen LogP contribution in [-0.4, -0.2) is 30.5 Å². The van der Waals surface area contributed by atoms with Gasteiger partial charge in [0.1, 0.15) is 0 Å². The molecule has 2 aromatic carbocycles. The van der Waals surface area contributed by atoms with Crippen LogP contribution in [0.15, 0.2) is 60.8 Å².